The van der Waals surface area contributed by atoms with Gasteiger partial charge in [0.2, 0.25) is 10.0 Å². The molecule has 2 heterocycles. The molecule has 1 unspecified atom stereocenters. The van der Waals surface area contributed by atoms with Crippen molar-refractivity contribution in [2.24, 2.45) is 0 Å². The van der Waals surface area contributed by atoms with Crippen LogP contribution in [0, 0.1) is 13.8 Å². The average Bonchev–Trinajstić information content (AvgIpc) is 2.93. The molecule has 1 fully saturated rings. The van der Waals surface area contributed by atoms with Gasteiger partial charge in [-0.25, -0.2) is 8.42 Å². The Bertz CT molecular complexity index is 610. The van der Waals surface area contributed by atoms with Gasteiger partial charge in [-0.3, -0.25) is 0 Å². The van der Waals surface area contributed by atoms with Gasteiger partial charge in [-0.15, -0.1) is 11.6 Å². The molecule has 0 amide bonds. The van der Waals surface area contributed by atoms with Gasteiger partial charge in [0, 0.05) is 24.7 Å². The molecular weight excluding hydrogens is 312 g/mol. The van der Waals surface area contributed by atoms with Gasteiger partial charge in [0.15, 0.2) is 0 Å². The first-order valence-electron chi connectivity index (χ1n) is 7.10. The van der Waals surface area contributed by atoms with Crippen molar-refractivity contribution in [2.45, 2.75) is 43.5 Å². The molecule has 5 nitrogen and oxygen atoms in total. The molecule has 0 aliphatic carbocycles. The van der Waals surface area contributed by atoms with Crippen molar-refractivity contribution in [2.75, 3.05) is 27.2 Å². The summed E-state index contributed by atoms with van der Waals surface area (Å²) in [5, 5.41) is 0. The normalized spacial score (nSPS) is 20.6. The molecule has 0 saturated carbocycles. The molecule has 0 aromatic carbocycles. The van der Waals surface area contributed by atoms with E-state index in [9.17, 15) is 8.42 Å². The molecule has 0 radical (unpaired) electrons. The summed E-state index contributed by atoms with van der Waals surface area (Å²) in [6.45, 7) is 4.73. The van der Waals surface area contributed by atoms with Crippen LogP contribution in [-0.2, 0) is 15.9 Å². The first-order chi connectivity index (χ1) is 9.78. The van der Waals surface area contributed by atoms with Gasteiger partial charge in [-0.1, -0.05) is 0 Å². The van der Waals surface area contributed by atoms with E-state index in [1.165, 1.54) is 0 Å². The van der Waals surface area contributed by atoms with Crippen molar-refractivity contribution in [1.29, 1.82) is 0 Å². The number of aryl methyl sites for hydroxylation is 2. The van der Waals surface area contributed by atoms with Crippen molar-refractivity contribution >= 4 is 21.6 Å². The summed E-state index contributed by atoms with van der Waals surface area (Å²) in [5.74, 6) is 1.16. The molecule has 1 atom stereocenters. The van der Waals surface area contributed by atoms with E-state index in [1.807, 2.05) is 19.0 Å². The van der Waals surface area contributed by atoms with Gasteiger partial charge in [0.05, 0.1) is 5.88 Å². The Hall–Kier alpha value is -0.560. The van der Waals surface area contributed by atoms with Gasteiger partial charge < -0.3 is 9.32 Å². The second-order valence-electron chi connectivity index (χ2n) is 5.83. The van der Waals surface area contributed by atoms with Crippen LogP contribution in [0.2, 0.25) is 0 Å². The minimum atomic E-state index is -3.56. The third-order valence-electron chi connectivity index (χ3n) is 3.92. The summed E-state index contributed by atoms with van der Waals surface area (Å²) in [6, 6.07) is 0.0165. The summed E-state index contributed by atoms with van der Waals surface area (Å²) < 4.78 is 33.2. The molecule has 21 heavy (non-hydrogen) atoms. The lowest BCUT2D eigenvalue weighted by Crippen LogP contribution is -2.41. The van der Waals surface area contributed by atoms with E-state index in [0.717, 1.165) is 19.4 Å². The predicted molar refractivity (Wildman–Crippen MR) is 83.2 cm³/mol. The smallest absolute Gasteiger partial charge is 0.247 e. The van der Waals surface area contributed by atoms with Crippen LogP contribution < -0.4 is 0 Å². The Morgan fingerprint density at radius 1 is 1.33 bits per heavy atom. The molecule has 1 aliphatic heterocycles. The number of nitrogens with zero attached hydrogens (tertiary/aromatic N) is 2. The molecule has 7 heteroatoms. The van der Waals surface area contributed by atoms with Gasteiger partial charge in [-0.2, -0.15) is 4.31 Å². The van der Waals surface area contributed by atoms with Gasteiger partial charge >= 0.3 is 0 Å². The zero-order valence-electron chi connectivity index (χ0n) is 13.0. The first-order valence-corrected chi connectivity index (χ1v) is 9.08. The highest BCUT2D eigenvalue weighted by Gasteiger charge is 2.39. The van der Waals surface area contributed by atoms with Crippen molar-refractivity contribution in [3.05, 3.63) is 17.1 Å². The maximum Gasteiger partial charge on any atom is 0.247 e. The first kappa shape index (κ1) is 16.8. The quantitative estimate of drug-likeness (QED) is 0.776. The highest BCUT2D eigenvalue weighted by Crippen LogP contribution is 2.33. The van der Waals surface area contributed by atoms with E-state index in [4.69, 9.17) is 16.0 Å². The lowest BCUT2D eigenvalue weighted by Gasteiger charge is -2.26. The molecule has 0 bridgehead atoms. The third-order valence-corrected chi connectivity index (χ3v) is 6.34. The minimum Gasteiger partial charge on any atom is -0.465 e. The SMILES string of the molecule is Cc1oc(C)c(S(=O)(=O)N2CCCC2CN(C)C)c1CCl. The number of likely N-dealkylation sites (N-methyl/N-ethyl adjacent to an activating group) is 1. The maximum atomic E-state index is 13.0. The molecule has 1 aliphatic rings. The monoisotopic (exact) mass is 334 g/mol. The van der Waals surface area contributed by atoms with E-state index in [0.29, 0.717) is 23.6 Å². The van der Waals surface area contributed by atoms with Crippen LogP contribution in [0.4, 0.5) is 0 Å². The zero-order valence-corrected chi connectivity index (χ0v) is 14.6. The van der Waals surface area contributed by atoms with Gasteiger partial charge in [-0.05, 0) is 40.8 Å². The number of hydrogen-bond acceptors (Lipinski definition) is 4. The molecule has 0 spiro atoms. The second kappa shape index (κ2) is 6.28. The molecule has 1 aromatic rings. The Kier molecular flexibility index (Phi) is 5.03. The van der Waals surface area contributed by atoms with Crippen LogP contribution in [0.25, 0.3) is 0 Å². The van der Waals surface area contributed by atoms with Crippen molar-refractivity contribution in [3.63, 3.8) is 0 Å². The van der Waals surface area contributed by atoms with Gasteiger partial charge in [0.1, 0.15) is 16.4 Å². The third kappa shape index (κ3) is 3.13. The maximum absolute atomic E-state index is 13.0. The van der Waals surface area contributed by atoms with Crippen LogP contribution in [0.1, 0.15) is 29.9 Å². The summed E-state index contributed by atoms with van der Waals surface area (Å²) >= 11 is 5.93. The summed E-state index contributed by atoms with van der Waals surface area (Å²) in [7, 11) is 0.360. The van der Waals surface area contributed by atoms with Crippen LogP contribution in [0.5, 0.6) is 0 Å². The predicted octanol–water partition coefficient (Wildman–Crippen LogP) is 2.35. The number of furan rings is 1. The highest BCUT2D eigenvalue weighted by atomic mass is 35.5. The van der Waals surface area contributed by atoms with Crippen LogP contribution in [0.15, 0.2) is 9.31 Å². The summed E-state index contributed by atoms with van der Waals surface area (Å²) in [6.07, 6.45) is 1.79. The van der Waals surface area contributed by atoms with E-state index < -0.39 is 10.0 Å². The second-order valence-corrected chi connectivity index (χ2v) is 7.92. The number of halogens is 1. The van der Waals surface area contributed by atoms with E-state index in [-0.39, 0.29) is 16.8 Å². The Labute approximate surface area is 131 Å². The van der Waals surface area contributed by atoms with Crippen LogP contribution in [0.3, 0.4) is 0 Å². The fraction of sp³-hybridized carbons (Fsp3) is 0.714. The Morgan fingerprint density at radius 2 is 2.00 bits per heavy atom. The largest absolute Gasteiger partial charge is 0.465 e. The number of sulfonamides is 1. The molecule has 120 valence electrons. The number of hydrogen-bond donors (Lipinski definition) is 0. The molecule has 2 rings (SSSR count). The molecule has 1 saturated heterocycles. The lowest BCUT2D eigenvalue weighted by atomic mass is 10.2. The average molecular weight is 335 g/mol. The fourth-order valence-electron chi connectivity index (χ4n) is 3.05. The van der Waals surface area contributed by atoms with E-state index in [1.54, 1.807) is 18.2 Å². The van der Waals surface area contributed by atoms with E-state index in [2.05, 4.69) is 0 Å². The molecular formula is C14H23ClN2O3S. The Morgan fingerprint density at radius 3 is 2.57 bits per heavy atom. The highest BCUT2D eigenvalue weighted by molar-refractivity contribution is 7.89. The molecule has 1 aromatic heterocycles. The topological polar surface area (TPSA) is 53.8 Å². The minimum absolute atomic E-state index is 0.0165. The van der Waals surface area contributed by atoms with Gasteiger partial charge in [0.25, 0.3) is 0 Å². The summed E-state index contributed by atoms with van der Waals surface area (Å²) in [4.78, 5) is 2.29. The molecule has 0 N–H and O–H groups in total. The van der Waals surface area contributed by atoms with Crippen LogP contribution in [-0.4, -0.2) is 50.8 Å². The fourth-order valence-corrected chi connectivity index (χ4v) is 5.55. The summed E-state index contributed by atoms with van der Waals surface area (Å²) in [5.41, 5.74) is 0.588. The van der Waals surface area contributed by atoms with Crippen molar-refractivity contribution < 1.29 is 12.8 Å². The Balaban J connectivity index is 2.42. The standard InChI is InChI=1S/C14H23ClN2O3S/c1-10-13(8-15)14(11(2)20-10)21(18,19)17-7-5-6-12(17)9-16(3)4/h12H,5-9H2,1-4H3. The van der Waals surface area contributed by atoms with Crippen molar-refractivity contribution in [1.82, 2.24) is 9.21 Å². The number of rotatable bonds is 5. The van der Waals surface area contributed by atoms with Crippen LogP contribution >= 0.6 is 11.6 Å². The van der Waals surface area contributed by atoms with Crippen molar-refractivity contribution in [3.8, 4) is 0 Å². The van der Waals surface area contributed by atoms with E-state index >= 15 is 0 Å². The zero-order chi connectivity index (χ0) is 15.8. The number of alkyl halides is 1. The lowest BCUT2D eigenvalue weighted by molar-refractivity contribution is 0.291.